The van der Waals surface area contributed by atoms with Gasteiger partial charge in [0.2, 0.25) is 5.88 Å². The lowest BCUT2D eigenvalue weighted by molar-refractivity contribution is 0.351. The molecule has 0 aliphatic carbocycles. The summed E-state index contributed by atoms with van der Waals surface area (Å²) in [5.74, 6) is 0.581. The van der Waals surface area contributed by atoms with E-state index in [1.165, 1.54) is 4.57 Å². The first kappa shape index (κ1) is 14.2. The Bertz CT molecular complexity index is 682. The van der Waals surface area contributed by atoms with Crippen LogP contribution in [0, 0.1) is 0 Å². The quantitative estimate of drug-likeness (QED) is 0.869. The van der Waals surface area contributed by atoms with E-state index < -0.39 is 11.2 Å². The molecule has 2 N–H and O–H groups in total. The monoisotopic (exact) mass is 278 g/mol. The fourth-order valence-electron chi connectivity index (χ4n) is 2.24. The average Bonchev–Trinajstić information content (AvgIpc) is 2.89. The van der Waals surface area contributed by atoms with Crippen LogP contribution in [0.25, 0.3) is 0 Å². The zero-order valence-electron chi connectivity index (χ0n) is 11.5. The maximum absolute atomic E-state index is 11.9. The van der Waals surface area contributed by atoms with E-state index in [-0.39, 0.29) is 17.5 Å². The van der Waals surface area contributed by atoms with Crippen LogP contribution < -0.4 is 11.2 Å². The van der Waals surface area contributed by atoms with Gasteiger partial charge < -0.3 is 9.52 Å². The van der Waals surface area contributed by atoms with Crippen molar-refractivity contribution in [3.63, 3.8) is 0 Å². The zero-order chi connectivity index (χ0) is 14.7. The highest BCUT2D eigenvalue weighted by molar-refractivity contribution is 5.23. The van der Waals surface area contributed by atoms with Crippen molar-refractivity contribution >= 4 is 0 Å². The lowest BCUT2D eigenvalue weighted by atomic mass is 10.1. The standard InChI is InChI=1S/C14H18N2O4/c1-3-11-12(17)15-14(19)16(13(11)18)9(2)6-7-10-5-4-8-20-10/h4-5,8-9,18H,3,6-7H2,1-2H3,(H,15,17,19). The van der Waals surface area contributed by atoms with E-state index in [1.54, 1.807) is 19.3 Å². The molecule has 1 atom stereocenters. The van der Waals surface area contributed by atoms with E-state index in [4.69, 9.17) is 4.42 Å². The molecule has 0 saturated carbocycles. The first-order valence-corrected chi connectivity index (χ1v) is 6.63. The van der Waals surface area contributed by atoms with Crippen molar-refractivity contribution < 1.29 is 9.52 Å². The van der Waals surface area contributed by atoms with Crippen molar-refractivity contribution in [1.29, 1.82) is 0 Å². The lowest BCUT2D eigenvalue weighted by Gasteiger charge is -2.17. The van der Waals surface area contributed by atoms with Crippen LogP contribution in [0.3, 0.4) is 0 Å². The summed E-state index contributed by atoms with van der Waals surface area (Å²) >= 11 is 0. The van der Waals surface area contributed by atoms with Gasteiger partial charge in [-0.25, -0.2) is 4.79 Å². The molecule has 0 amide bonds. The number of hydrogen-bond donors (Lipinski definition) is 2. The van der Waals surface area contributed by atoms with Gasteiger partial charge in [0.1, 0.15) is 5.76 Å². The summed E-state index contributed by atoms with van der Waals surface area (Å²) < 4.78 is 6.46. The maximum Gasteiger partial charge on any atom is 0.331 e. The SMILES string of the molecule is CCc1c(O)n(C(C)CCc2ccco2)c(=O)[nH]c1=O. The number of nitrogens with zero attached hydrogens (tertiary/aromatic N) is 1. The summed E-state index contributed by atoms with van der Waals surface area (Å²) in [6, 6.07) is 3.42. The molecule has 0 bridgehead atoms. The molecule has 0 aliphatic rings. The molecule has 0 fully saturated rings. The summed E-state index contributed by atoms with van der Waals surface area (Å²) in [6.45, 7) is 3.58. The Balaban J connectivity index is 2.27. The summed E-state index contributed by atoms with van der Waals surface area (Å²) in [7, 11) is 0. The third kappa shape index (κ3) is 2.68. The number of rotatable bonds is 5. The van der Waals surface area contributed by atoms with Crippen LogP contribution in [0.4, 0.5) is 0 Å². The van der Waals surface area contributed by atoms with Crippen molar-refractivity contribution in [2.75, 3.05) is 0 Å². The van der Waals surface area contributed by atoms with Gasteiger partial charge in [-0.05, 0) is 31.9 Å². The van der Waals surface area contributed by atoms with Crippen LogP contribution >= 0.6 is 0 Å². The predicted octanol–water partition coefficient (Wildman–Crippen LogP) is 1.59. The van der Waals surface area contributed by atoms with Gasteiger partial charge in [0, 0.05) is 12.5 Å². The second-order valence-electron chi connectivity index (χ2n) is 4.75. The van der Waals surface area contributed by atoms with Gasteiger partial charge in [0.15, 0.2) is 0 Å². The number of aryl methyl sites for hydroxylation is 1. The van der Waals surface area contributed by atoms with Gasteiger partial charge in [-0.15, -0.1) is 0 Å². The molecule has 2 heterocycles. The van der Waals surface area contributed by atoms with Gasteiger partial charge in [0.25, 0.3) is 5.56 Å². The van der Waals surface area contributed by atoms with Crippen molar-refractivity contribution in [3.8, 4) is 5.88 Å². The smallest absolute Gasteiger partial charge is 0.331 e. The first-order chi connectivity index (χ1) is 9.54. The highest BCUT2D eigenvalue weighted by Gasteiger charge is 2.17. The predicted molar refractivity (Wildman–Crippen MR) is 74.1 cm³/mol. The molecule has 6 nitrogen and oxygen atoms in total. The summed E-state index contributed by atoms with van der Waals surface area (Å²) in [5, 5.41) is 10.1. The Hall–Kier alpha value is -2.24. The molecule has 0 aliphatic heterocycles. The van der Waals surface area contributed by atoms with Crippen molar-refractivity contribution in [2.45, 2.75) is 39.2 Å². The lowest BCUT2D eigenvalue weighted by Crippen LogP contribution is -2.33. The Morgan fingerprint density at radius 1 is 1.45 bits per heavy atom. The Morgan fingerprint density at radius 3 is 2.80 bits per heavy atom. The van der Waals surface area contributed by atoms with Crippen molar-refractivity contribution in [1.82, 2.24) is 9.55 Å². The minimum Gasteiger partial charge on any atom is -0.494 e. The van der Waals surface area contributed by atoms with Gasteiger partial charge >= 0.3 is 5.69 Å². The van der Waals surface area contributed by atoms with E-state index in [9.17, 15) is 14.7 Å². The summed E-state index contributed by atoms with van der Waals surface area (Å²) in [4.78, 5) is 25.7. The minimum absolute atomic E-state index is 0.231. The van der Waals surface area contributed by atoms with Crippen molar-refractivity contribution in [3.05, 3.63) is 50.6 Å². The second kappa shape index (κ2) is 5.81. The van der Waals surface area contributed by atoms with E-state index in [2.05, 4.69) is 4.98 Å². The Kier molecular flexibility index (Phi) is 4.12. The average molecular weight is 278 g/mol. The number of aromatic nitrogens is 2. The number of nitrogens with one attached hydrogen (secondary N) is 1. The molecule has 20 heavy (non-hydrogen) atoms. The normalized spacial score (nSPS) is 12.5. The van der Waals surface area contributed by atoms with Gasteiger partial charge in [-0.3, -0.25) is 14.3 Å². The number of aromatic hydroxyl groups is 1. The van der Waals surface area contributed by atoms with E-state index >= 15 is 0 Å². The molecule has 6 heteroatoms. The van der Waals surface area contributed by atoms with Crippen LogP contribution in [0.1, 0.15) is 37.6 Å². The molecule has 0 aromatic carbocycles. The number of furan rings is 1. The molecule has 0 saturated heterocycles. The highest BCUT2D eigenvalue weighted by Crippen LogP contribution is 2.20. The molecule has 0 radical (unpaired) electrons. The third-order valence-electron chi connectivity index (χ3n) is 3.39. The fourth-order valence-corrected chi connectivity index (χ4v) is 2.24. The maximum atomic E-state index is 11.9. The number of aromatic amines is 1. The van der Waals surface area contributed by atoms with Gasteiger partial charge in [0.05, 0.1) is 11.8 Å². The van der Waals surface area contributed by atoms with Crippen LogP contribution in [0.5, 0.6) is 5.88 Å². The molecular weight excluding hydrogens is 260 g/mol. The molecule has 0 spiro atoms. The molecule has 2 rings (SSSR count). The molecule has 2 aromatic rings. The van der Waals surface area contributed by atoms with Crippen LogP contribution in [-0.4, -0.2) is 14.7 Å². The van der Waals surface area contributed by atoms with Crippen LogP contribution in [-0.2, 0) is 12.8 Å². The van der Waals surface area contributed by atoms with E-state index in [0.717, 1.165) is 5.76 Å². The van der Waals surface area contributed by atoms with Gasteiger partial charge in [-0.2, -0.15) is 0 Å². The Morgan fingerprint density at radius 2 is 2.20 bits per heavy atom. The fraction of sp³-hybridized carbons (Fsp3) is 0.429. The van der Waals surface area contributed by atoms with Crippen LogP contribution in [0.2, 0.25) is 0 Å². The second-order valence-corrected chi connectivity index (χ2v) is 4.75. The molecule has 1 unspecified atom stereocenters. The molecular formula is C14H18N2O4. The highest BCUT2D eigenvalue weighted by atomic mass is 16.3. The zero-order valence-corrected chi connectivity index (χ0v) is 11.5. The first-order valence-electron chi connectivity index (χ1n) is 6.63. The largest absolute Gasteiger partial charge is 0.494 e. The number of hydrogen-bond acceptors (Lipinski definition) is 4. The van der Waals surface area contributed by atoms with E-state index in [0.29, 0.717) is 19.3 Å². The minimum atomic E-state index is -0.586. The van der Waals surface area contributed by atoms with Gasteiger partial charge in [-0.1, -0.05) is 6.92 Å². The number of H-pyrrole nitrogens is 1. The third-order valence-corrected chi connectivity index (χ3v) is 3.39. The topological polar surface area (TPSA) is 88.2 Å². The molecule has 108 valence electrons. The van der Waals surface area contributed by atoms with E-state index in [1.807, 2.05) is 13.0 Å². The Labute approximate surface area is 115 Å². The van der Waals surface area contributed by atoms with Crippen molar-refractivity contribution in [2.24, 2.45) is 0 Å². The summed E-state index contributed by atoms with van der Waals surface area (Å²) in [5.41, 5.74) is -0.879. The summed E-state index contributed by atoms with van der Waals surface area (Å²) in [6.07, 6.45) is 3.24. The molecule has 2 aromatic heterocycles. The van der Waals surface area contributed by atoms with Crippen LogP contribution in [0.15, 0.2) is 32.4 Å².